The second-order valence-electron chi connectivity index (χ2n) is 5.51. The first-order valence-corrected chi connectivity index (χ1v) is 7.02. The van der Waals surface area contributed by atoms with Gasteiger partial charge in [0, 0.05) is 32.7 Å². The van der Waals surface area contributed by atoms with Gasteiger partial charge in [-0.25, -0.2) is 0 Å². The largest absolute Gasteiger partial charge is 0.326 e. The summed E-state index contributed by atoms with van der Waals surface area (Å²) in [5, 5.41) is 0. The summed E-state index contributed by atoms with van der Waals surface area (Å²) < 4.78 is 26.8. The molecule has 96 valence electrons. The maximum atomic E-state index is 12.0. The Kier molecular flexibility index (Phi) is 3.99. The summed E-state index contributed by atoms with van der Waals surface area (Å²) in [7, 11) is -1.66. The minimum atomic E-state index is -3.27. The third-order valence-corrected chi connectivity index (χ3v) is 5.07. The van der Waals surface area contributed by atoms with Crippen LogP contribution in [0.15, 0.2) is 0 Å². The quantitative estimate of drug-likeness (QED) is 0.762. The minimum Gasteiger partial charge on any atom is -0.326 e. The average molecular weight is 249 g/mol. The molecule has 1 atom stereocenters. The van der Waals surface area contributed by atoms with Crippen LogP contribution >= 0.6 is 0 Å². The fraction of sp³-hybridized carbons (Fsp3) is 1.00. The molecule has 0 amide bonds. The van der Waals surface area contributed by atoms with Gasteiger partial charge >= 0.3 is 0 Å². The Balaban J connectivity index is 2.74. The van der Waals surface area contributed by atoms with Crippen molar-refractivity contribution in [2.45, 2.75) is 33.2 Å². The van der Waals surface area contributed by atoms with Crippen LogP contribution in [-0.4, -0.2) is 49.8 Å². The number of hydrogen-bond donors (Lipinski definition) is 1. The van der Waals surface area contributed by atoms with Crippen LogP contribution in [0.2, 0.25) is 0 Å². The summed E-state index contributed by atoms with van der Waals surface area (Å²) in [6, 6.07) is -0.145. The topological polar surface area (TPSA) is 66.6 Å². The third-order valence-electron chi connectivity index (χ3n) is 3.11. The van der Waals surface area contributed by atoms with Crippen molar-refractivity contribution < 1.29 is 8.42 Å². The molecule has 0 spiro atoms. The molecule has 1 aliphatic heterocycles. The monoisotopic (exact) mass is 249 g/mol. The summed E-state index contributed by atoms with van der Waals surface area (Å²) in [6.45, 7) is 7.66. The van der Waals surface area contributed by atoms with Gasteiger partial charge in [0.2, 0.25) is 0 Å². The number of nitrogens with two attached hydrogens (primary N) is 1. The Morgan fingerprint density at radius 2 is 1.88 bits per heavy atom. The van der Waals surface area contributed by atoms with Gasteiger partial charge in [-0.1, -0.05) is 20.8 Å². The van der Waals surface area contributed by atoms with Gasteiger partial charge in [0.05, 0.1) is 0 Å². The lowest BCUT2D eigenvalue weighted by Gasteiger charge is -2.36. The molecule has 6 heteroatoms. The lowest BCUT2D eigenvalue weighted by molar-refractivity contribution is 0.237. The molecule has 1 heterocycles. The molecule has 0 unspecified atom stereocenters. The molecule has 0 aromatic carbocycles. The zero-order chi connectivity index (χ0) is 12.6. The van der Waals surface area contributed by atoms with Crippen LogP contribution in [0.4, 0.5) is 0 Å². The molecule has 0 bridgehead atoms. The van der Waals surface area contributed by atoms with E-state index in [0.29, 0.717) is 19.6 Å². The van der Waals surface area contributed by atoms with Gasteiger partial charge in [-0.3, -0.25) is 0 Å². The van der Waals surface area contributed by atoms with Crippen LogP contribution in [0.1, 0.15) is 27.2 Å². The van der Waals surface area contributed by atoms with Gasteiger partial charge in [0.1, 0.15) is 0 Å². The molecule has 1 aliphatic rings. The molecular formula is C10H23N3O2S. The maximum Gasteiger partial charge on any atom is 0.281 e. The molecule has 1 rings (SSSR count). The Morgan fingerprint density at radius 1 is 1.31 bits per heavy atom. The summed E-state index contributed by atoms with van der Waals surface area (Å²) in [4.78, 5) is 0. The summed E-state index contributed by atoms with van der Waals surface area (Å²) in [5.74, 6) is 0. The van der Waals surface area contributed by atoms with E-state index in [2.05, 4.69) is 0 Å². The molecule has 0 aromatic rings. The average Bonchev–Trinajstić information content (AvgIpc) is 2.11. The van der Waals surface area contributed by atoms with Crippen molar-refractivity contribution >= 4 is 10.2 Å². The van der Waals surface area contributed by atoms with Gasteiger partial charge < -0.3 is 5.73 Å². The Hall–Kier alpha value is -0.170. The first-order valence-electron chi connectivity index (χ1n) is 5.62. The molecule has 5 nitrogen and oxygen atoms in total. The van der Waals surface area contributed by atoms with E-state index in [1.807, 2.05) is 20.8 Å². The number of hydrogen-bond acceptors (Lipinski definition) is 3. The molecule has 0 aromatic heterocycles. The smallest absolute Gasteiger partial charge is 0.281 e. The van der Waals surface area contributed by atoms with E-state index >= 15 is 0 Å². The molecule has 0 aliphatic carbocycles. The van der Waals surface area contributed by atoms with Gasteiger partial charge in [-0.2, -0.15) is 17.0 Å². The first kappa shape index (κ1) is 13.9. The molecule has 0 radical (unpaired) electrons. The number of nitrogens with zero attached hydrogens (tertiary/aromatic N) is 2. The zero-order valence-electron chi connectivity index (χ0n) is 10.6. The van der Waals surface area contributed by atoms with Crippen LogP contribution in [0.25, 0.3) is 0 Å². The highest BCUT2D eigenvalue weighted by Gasteiger charge is 2.34. The van der Waals surface area contributed by atoms with Gasteiger partial charge in [0.15, 0.2) is 0 Å². The van der Waals surface area contributed by atoms with E-state index in [4.69, 9.17) is 5.73 Å². The van der Waals surface area contributed by atoms with E-state index in [9.17, 15) is 8.42 Å². The molecule has 16 heavy (non-hydrogen) atoms. The zero-order valence-corrected chi connectivity index (χ0v) is 11.4. The van der Waals surface area contributed by atoms with Crippen LogP contribution in [0, 0.1) is 5.41 Å². The van der Waals surface area contributed by atoms with Crippen molar-refractivity contribution in [3.8, 4) is 0 Å². The molecule has 1 fully saturated rings. The van der Waals surface area contributed by atoms with Crippen molar-refractivity contribution in [1.82, 2.24) is 8.61 Å². The molecule has 2 N–H and O–H groups in total. The van der Waals surface area contributed by atoms with Crippen LogP contribution in [0.3, 0.4) is 0 Å². The minimum absolute atomic E-state index is 0.0778. The van der Waals surface area contributed by atoms with Gasteiger partial charge in [-0.15, -0.1) is 0 Å². The van der Waals surface area contributed by atoms with E-state index in [-0.39, 0.29) is 11.5 Å². The van der Waals surface area contributed by atoms with Crippen molar-refractivity contribution in [2.75, 3.05) is 26.7 Å². The van der Waals surface area contributed by atoms with Crippen LogP contribution in [-0.2, 0) is 10.2 Å². The normalized spacial score (nSPS) is 25.6. The van der Waals surface area contributed by atoms with Crippen molar-refractivity contribution in [2.24, 2.45) is 11.1 Å². The lowest BCUT2D eigenvalue weighted by Crippen LogP contribution is -2.53. The van der Waals surface area contributed by atoms with E-state index in [1.165, 1.54) is 8.61 Å². The lowest BCUT2D eigenvalue weighted by atomic mass is 9.87. The first-order chi connectivity index (χ1) is 7.15. The Labute approximate surface area is 98.8 Å². The molecular weight excluding hydrogens is 226 g/mol. The predicted octanol–water partition coefficient (Wildman–Crippen LogP) is 0.242. The van der Waals surface area contributed by atoms with Crippen LogP contribution < -0.4 is 5.73 Å². The highest BCUT2D eigenvalue weighted by molar-refractivity contribution is 7.86. The molecule has 0 saturated carbocycles. The Morgan fingerprint density at radius 3 is 2.38 bits per heavy atom. The Bertz CT molecular complexity index is 334. The molecule has 1 saturated heterocycles. The maximum absolute atomic E-state index is 12.0. The van der Waals surface area contributed by atoms with Crippen molar-refractivity contribution in [1.29, 1.82) is 0 Å². The van der Waals surface area contributed by atoms with E-state index in [0.717, 1.165) is 6.42 Å². The highest BCUT2D eigenvalue weighted by atomic mass is 32.2. The van der Waals surface area contributed by atoms with Crippen LogP contribution in [0.5, 0.6) is 0 Å². The fourth-order valence-corrected chi connectivity index (χ4v) is 3.04. The van der Waals surface area contributed by atoms with Gasteiger partial charge in [0.25, 0.3) is 10.2 Å². The van der Waals surface area contributed by atoms with E-state index in [1.54, 1.807) is 7.05 Å². The van der Waals surface area contributed by atoms with Crippen molar-refractivity contribution in [3.05, 3.63) is 0 Å². The van der Waals surface area contributed by atoms with Crippen molar-refractivity contribution in [3.63, 3.8) is 0 Å². The predicted molar refractivity (Wildman–Crippen MR) is 65.2 cm³/mol. The SMILES string of the molecule is CN1CCCN(C[C@@H](N)C(C)(C)C)S1(=O)=O. The fourth-order valence-electron chi connectivity index (χ4n) is 1.58. The second-order valence-corrected chi connectivity index (χ2v) is 7.55. The summed E-state index contributed by atoms with van der Waals surface area (Å²) >= 11 is 0. The summed E-state index contributed by atoms with van der Waals surface area (Å²) in [6.07, 6.45) is 0.868. The van der Waals surface area contributed by atoms with E-state index < -0.39 is 10.2 Å². The number of rotatable bonds is 2. The standard InChI is InChI=1S/C10H23N3O2S/c1-10(2,3)9(11)8-13-7-5-6-12(4)16(13,14)15/h9H,5-8,11H2,1-4H3/t9-/m1/s1. The highest BCUT2D eigenvalue weighted by Crippen LogP contribution is 2.21. The second kappa shape index (κ2) is 4.60. The summed E-state index contributed by atoms with van der Waals surface area (Å²) in [5.41, 5.74) is 5.95. The van der Waals surface area contributed by atoms with Gasteiger partial charge in [-0.05, 0) is 11.8 Å². The third kappa shape index (κ3) is 2.94.